The van der Waals surface area contributed by atoms with Gasteiger partial charge in [-0.2, -0.15) is 0 Å². The van der Waals surface area contributed by atoms with E-state index in [2.05, 4.69) is 11.8 Å². The van der Waals surface area contributed by atoms with Crippen LogP contribution in [0.2, 0.25) is 0 Å². The van der Waals surface area contributed by atoms with Gasteiger partial charge in [-0.05, 0) is 18.2 Å². The first kappa shape index (κ1) is 9.56. The number of hydrogen-bond acceptors (Lipinski definition) is 2. The quantitative estimate of drug-likeness (QED) is 0.639. The Morgan fingerprint density at radius 1 is 1.38 bits per heavy atom. The van der Waals surface area contributed by atoms with Crippen molar-refractivity contribution in [1.29, 1.82) is 0 Å². The molecule has 0 spiro atoms. The minimum atomic E-state index is -0.439. The standard InChI is InChI=1S/C10H9FO2/c11-9-4-5-10(13)8(7-9)3-1-2-6-12/h4-5,7,12-13H,2,6H2. The third-order valence-corrected chi connectivity index (χ3v) is 1.42. The van der Waals surface area contributed by atoms with Gasteiger partial charge in [0.15, 0.2) is 0 Å². The molecule has 1 aromatic carbocycles. The summed E-state index contributed by atoms with van der Waals surface area (Å²) in [5.41, 5.74) is 0.244. The van der Waals surface area contributed by atoms with Gasteiger partial charge in [-0.25, -0.2) is 4.39 Å². The number of phenols is 1. The van der Waals surface area contributed by atoms with Gasteiger partial charge >= 0.3 is 0 Å². The van der Waals surface area contributed by atoms with Crippen LogP contribution in [0.1, 0.15) is 12.0 Å². The van der Waals surface area contributed by atoms with Crippen molar-refractivity contribution < 1.29 is 14.6 Å². The number of aliphatic hydroxyl groups excluding tert-OH is 1. The smallest absolute Gasteiger partial charge is 0.131 e. The number of phenolic OH excluding ortho intramolecular Hbond substituents is 1. The second-order valence-corrected chi connectivity index (χ2v) is 2.44. The summed E-state index contributed by atoms with van der Waals surface area (Å²) in [5.74, 6) is 4.66. The molecule has 0 bridgehead atoms. The Balaban J connectivity index is 2.89. The fourth-order valence-electron chi connectivity index (χ4n) is 0.822. The highest BCUT2D eigenvalue weighted by molar-refractivity contribution is 5.45. The predicted octanol–water partition coefficient (Wildman–Crippen LogP) is 1.27. The van der Waals surface area contributed by atoms with Gasteiger partial charge in [0.1, 0.15) is 11.6 Å². The first-order valence-electron chi connectivity index (χ1n) is 3.82. The lowest BCUT2D eigenvalue weighted by molar-refractivity contribution is 0.305. The Labute approximate surface area is 75.6 Å². The van der Waals surface area contributed by atoms with Crippen molar-refractivity contribution in [3.8, 4) is 17.6 Å². The zero-order valence-electron chi connectivity index (χ0n) is 6.92. The summed E-state index contributed by atoms with van der Waals surface area (Å²) < 4.78 is 12.6. The van der Waals surface area contributed by atoms with Crippen LogP contribution >= 0.6 is 0 Å². The van der Waals surface area contributed by atoms with Gasteiger partial charge in [0, 0.05) is 6.42 Å². The summed E-state index contributed by atoms with van der Waals surface area (Å²) in [6.45, 7) is -0.0386. The maximum Gasteiger partial charge on any atom is 0.131 e. The molecule has 2 N–H and O–H groups in total. The molecule has 1 rings (SSSR count). The molecule has 0 atom stereocenters. The molecule has 0 heterocycles. The summed E-state index contributed by atoms with van der Waals surface area (Å²) >= 11 is 0. The van der Waals surface area contributed by atoms with Crippen LogP contribution in [-0.2, 0) is 0 Å². The molecule has 0 aliphatic heterocycles. The molecule has 0 aliphatic rings. The molecule has 13 heavy (non-hydrogen) atoms. The van der Waals surface area contributed by atoms with Crippen LogP contribution in [0.25, 0.3) is 0 Å². The maximum absolute atomic E-state index is 12.6. The van der Waals surface area contributed by atoms with E-state index < -0.39 is 5.82 Å². The fraction of sp³-hybridized carbons (Fsp3) is 0.200. The van der Waals surface area contributed by atoms with Crippen molar-refractivity contribution in [3.63, 3.8) is 0 Å². The molecule has 1 aromatic rings. The van der Waals surface area contributed by atoms with Crippen LogP contribution in [0.15, 0.2) is 18.2 Å². The Bertz CT molecular complexity index is 350. The SMILES string of the molecule is OCCC#Cc1cc(F)ccc1O. The van der Waals surface area contributed by atoms with E-state index in [0.29, 0.717) is 6.42 Å². The Morgan fingerprint density at radius 2 is 2.15 bits per heavy atom. The van der Waals surface area contributed by atoms with Crippen molar-refractivity contribution in [3.05, 3.63) is 29.6 Å². The average Bonchev–Trinajstić information content (AvgIpc) is 2.11. The zero-order chi connectivity index (χ0) is 9.68. The molecule has 68 valence electrons. The van der Waals surface area contributed by atoms with Gasteiger partial charge in [-0.15, -0.1) is 0 Å². The Morgan fingerprint density at radius 3 is 2.85 bits per heavy atom. The number of halogens is 1. The largest absolute Gasteiger partial charge is 0.507 e. The highest BCUT2D eigenvalue weighted by Gasteiger charge is 1.98. The van der Waals surface area contributed by atoms with E-state index >= 15 is 0 Å². The van der Waals surface area contributed by atoms with E-state index in [1.807, 2.05) is 0 Å². The summed E-state index contributed by atoms with van der Waals surface area (Å²) in [7, 11) is 0. The van der Waals surface area contributed by atoms with E-state index in [0.717, 1.165) is 12.1 Å². The summed E-state index contributed by atoms with van der Waals surface area (Å²) in [5, 5.41) is 17.6. The molecule has 0 amide bonds. The molecule has 0 aliphatic carbocycles. The van der Waals surface area contributed by atoms with Gasteiger partial charge in [0.05, 0.1) is 12.2 Å². The van der Waals surface area contributed by atoms with Crippen LogP contribution in [-0.4, -0.2) is 16.8 Å². The molecule has 2 nitrogen and oxygen atoms in total. The first-order valence-corrected chi connectivity index (χ1v) is 3.82. The van der Waals surface area contributed by atoms with E-state index in [4.69, 9.17) is 5.11 Å². The van der Waals surface area contributed by atoms with Gasteiger partial charge in [-0.1, -0.05) is 11.8 Å². The van der Waals surface area contributed by atoms with Gasteiger partial charge < -0.3 is 10.2 Å². The summed E-state index contributed by atoms with van der Waals surface area (Å²) in [4.78, 5) is 0. The Kier molecular flexibility index (Phi) is 3.30. The second kappa shape index (κ2) is 4.48. The molecule has 0 unspecified atom stereocenters. The van der Waals surface area contributed by atoms with E-state index in [1.54, 1.807) is 0 Å². The van der Waals surface area contributed by atoms with Crippen LogP contribution < -0.4 is 0 Å². The van der Waals surface area contributed by atoms with Crippen LogP contribution in [0, 0.1) is 17.7 Å². The number of benzene rings is 1. The molecule has 0 saturated heterocycles. The monoisotopic (exact) mass is 180 g/mol. The van der Waals surface area contributed by atoms with Crippen molar-refractivity contribution in [2.75, 3.05) is 6.61 Å². The molecule has 3 heteroatoms. The first-order chi connectivity index (χ1) is 6.24. The summed E-state index contributed by atoms with van der Waals surface area (Å²) in [6, 6.07) is 3.56. The highest BCUT2D eigenvalue weighted by Crippen LogP contribution is 2.16. The van der Waals surface area contributed by atoms with Crippen LogP contribution in [0.5, 0.6) is 5.75 Å². The lowest BCUT2D eigenvalue weighted by atomic mass is 10.2. The van der Waals surface area contributed by atoms with Crippen molar-refractivity contribution >= 4 is 0 Å². The maximum atomic E-state index is 12.6. The van der Waals surface area contributed by atoms with Crippen LogP contribution in [0.4, 0.5) is 4.39 Å². The van der Waals surface area contributed by atoms with Crippen molar-refractivity contribution in [2.24, 2.45) is 0 Å². The summed E-state index contributed by atoms with van der Waals surface area (Å²) in [6.07, 6.45) is 0.315. The van der Waals surface area contributed by atoms with E-state index in [-0.39, 0.29) is 17.9 Å². The van der Waals surface area contributed by atoms with Gasteiger partial charge in [-0.3, -0.25) is 0 Å². The highest BCUT2D eigenvalue weighted by atomic mass is 19.1. The zero-order valence-corrected chi connectivity index (χ0v) is 6.92. The topological polar surface area (TPSA) is 40.5 Å². The van der Waals surface area contributed by atoms with E-state index in [1.165, 1.54) is 6.07 Å². The Hall–Kier alpha value is -1.53. The van der Waals surface area contributed by atoms with Crippen LogP contribution in [0.3, 0.4) is 0 Å². The number of rotatable bonds is 1. The van der Waals surface area contributed by atoms with E-state index in [9.17, 15) is 9.50 Å². The second-order valence-electron chi connectivity index (χ2n) is 2.44. The molecule has 0 radical (unpaired) electrons. The minimum absolute atomic E-state index is 0.0386. The van der Waals surface area contributed by atoms with Crippen molar-refractivity contribution in [1.82, 2.24) is 0 Å². The third-order valence-electron chi connectivity index (χ3n) is 1.42. The lowest BCUT2D eigenvalue weighted by Gasteiger charge is -1.95. The molecule has 0 saturated carbocycles. The molecule has 0 aromatic heterocycles. The number of aliphatic hydroxyl groups is 1. The lowest BCUT2D eigenvalue weighted by Crippen LogP contribution is -1.81. The normalized spacial score (nSPS) is 9.08. The number of hydrogen-bond donors (Lipinski definition) is 2. The van der Waals surface area contributed by atoms with Gasteiger partial charge in [0.2, 0.25) is 0 Å². The van der Waals surface area contributed by atoms with Gasteiger partial charge in [0.25, 0.3) is 0 Å². The van der Waals surface area contributed by atoms with Crippen molar-refractivity contribution in [2.45, 2.75) is 6.42 Å². The predicted molar refractivity (Wildman–Crippen MR) is 46.6 cm³/mol. The third kappa shape index (κ3) is 2.77. The molecule has 0 fully saturated rings. The number of aromatic hydroxyl groups is 1. The fourth-order valence-corrected chi connectivity index (χ4v) is 0.822. The molecular weight excluding hydrogens is 171 g/mol. The average molecular weight is 180 g/mol. The minimum Gasteiger partial charge on any atom is -0.507 e. The molecular formula is C10H9FO2.